The molecule has 2 unspecified atom stereocenters. The number of phosphoric ester groups is 1. The summed E-state index contributed by atoms with van der Waals surface area (Å²) in [5.74, 6) is -0.829. The van der Waals surface area contributed by atoms with E-state index in [9.17, 15) is 19.0 Å². The summed E-state index contributed by atoms with van der Waals surface area (Å²) in [5.41, 5.74) is 0. The van der Waals surface area contributed by atoms with Crippen molar-refractivity contribution in [1.82, 2.24) is 0 Å². The van der Waals surface area contributed by atoms with E-state index in [1.165, 1.54) is 212 Å². The molecule has 0 N–H and O–H groups in total. The molecule has 0 aliphatic heterocycles. The summed E-state index contributed by atoms with van der Waals surface area (Å²) in [6.07, 6.45) is 67.8. The first-order chi connectivity index (χ1) is 35.5. The van der Waals surface area contributed by atoms with E-state index in [-0.39, 0.29) is 32.0 Å². The van der Waals surface area contributed by atoms with Gasteiger partial charge in [0.1, 0.15) is 19.8 Å². The number of unbranched alkanes of at least 4 members (excludes halogenated alkanes) is 38. The van der Waals surface area contributed by atoms with Crippen molar-refractivity contribution < 1.29 is 42.1 Å². The monoisotopic (exact) mass is 1050 g/mol. The van der Waals surface area contributed by atoms with E-state index < -0.39 is 26.5 Å². The van der Waals surface area contributed by atoms with Gasteiger partial charge in [0, 0.05) is 12.8 Å². The van der Waals surface area contributed by atoms with Gasteiger partial charge in [-0.25, -0.2) is 0 Å². The zero-order valence-corrected chi connectivity index (χ0v) is 49.7. The van der Waals surface area contributed by atoms with Gasteiger partial charge < -0.3 is 27.9 Å². The molecule has 0 bridgehead atoms. The van der Waals surface area contributed by atoms with Crippen LogP contribution in [0, 0.1) is 0 Å². The van der Waals surface area contributed by atoms with Gasteiger partial charge in [-0.05, 0) is 70.6 Å². The van der Waals surface area contributed by atoms with E-state index in [0.29, 0.717) is 17.4 Å². The zero-order valence-electron chi connectivity index (χ0n) is 48.9. The Bertz CT molecular complexity index is 1330. The second kappa shape index (κ2) is 55.0. The van der Waals surface area contributed by atoms with E-state index in [1.54, 1.807) is 0 Å². The summed E-state index contributed by atoms with van der Waals surface area (Å²) < 4.78 is 34.2. The van der Waals surface area contributed by atoms with Gasteiger partial charge in [-0.3, -0.25) is 14.2 Å². The van der Waals surface area contributed by atoms with E-state index in [0.717, 1.165) is 57.8 Å². The predicted molar refractivity (Wildman–Crippen MR) is 310 cm³/mol. The average Bonchev–Trinajstić information content (AvgIpc) is 3.35. The second-order valence-electron chi connectivity index (χ2n) is 22.4. The molecule has 0 aliphatic carbocycles. The number of allylic oxidation sites excluding steroid dienone is 6. The van der Waals surface area contributed by atoms with Crippen molar-refractivity contribution in [2.75, 3.05) is 47.5 Å². The summed E-state index contributed by atoms with van der Waals surface area (Å²) in [6, 6.07) is 0. The smallest absolute Gasteiger partial charge is 0.306 e. The van der Waals surface area contributed by atoms with Gasteiger partial charge in [0.05, 0.1) is 27.7 Å². The number of rotatable bonds is 58. The van der Waals surface area contributed by atoms with E-state index >= 15 is 0 Å². The third kappa shape index (κ3) is 59.3. The van der Waals surface area contributed by atoms with Crippen LogP contribution < -0.4 is 4.89 Å². The largest absolute Gasteiger partial charge is 0.756 e. The highest BCUT2D eigenvalue weighted by atomic mass is 31.2. The number of ether oxygens (including phenoxy) is 2. The van der Waals surface area contributed by atoms with Crippen molar-refractivity contribution in [3.63, 3.8) is 0 Å². The SMILES string of the molecule is CCCCCCC/C=C\C/C=C\CCCCCCCCCCCCCCCCCCCCCCCC(=O)OC(COC(=O)CCCCCCC/C=C\CCCCCCCCC)COP(=O)([O-])OCC[N+](C)(C)C. The number of likely N-dealkylation sites (N-methyl/N-ethyl adjacent to an activating group) is 1. The average molecular weight is 1050 g/mol. The second-order valence-corrected chi connectivity index (χ2v) is 23.8. The Balaban J connectivity index is 4.00. The van der Waals surface area contributed by atoms with Gasteiger partial charge in [0.25, 0.3) is 7.82 Å². The fourth-order valence-corrected chi connectivity index (χ4v) is 9.77. The molecule has 0 aromatic carbocycles. The molecule has 0 aromatic rings. The normalized spacial score (nSPS) is 13.5. The van der Waals surface area contributed by atoms with Crippen molar-refractivity contribution in [3.05, 3.63) is 36.5 Å². The van der Waals surface area contributed by atoms with Crippen LogP contribution in [0.5, 0.6) is 0 Å². The maximum absolute atomic E-state index is 12.8. The van der Waals surface area contributed by atoms with Crippen LogP contribution in [0.4, 0.5) is 0 Å². The Hall–Kier alpha value is -1.77. The lowest BCUT2D eigenvalue weighted by Gasteiger charge is -2.28. The Morgan fingerprint density at radius 2 is 0.740 bits per heavy atom. The molecule has 10 heteroatoms. The molecule has 430 valence electrons. The molecule has 2 atom stereocenters. The highest BCUT2D eigenvalue weighted by molar-refractivity contribution is 7.45. The van der Waals surface area contributed by atoms with Crippen LogP contribution in [0.2, 0.25) is 0 Å². The quantitative estimate of drug-likeness (QED) is 0.0195. The number of quaternary nitrogens is 1. The lowest BCUT2D eigenvalue weighted by atomic mass is 10.0. The van der Waals surface area contributed by atoms with Gasteiger partial charge in [-0.15, -0.1) is 0 Å². The Labute approximate surface area is 452 Å². The Morgan fingerprint density at radius 3 is 1.10 bits per heavy atom. The van der Waals surface area contributed by atoms with Crippen LogP contribution >= 0.6 is 7.82 Å². The molecule has 73 heavy (non-hydrogen) atoms. The molecule has 0 saturated heterocycles. The van der Waals surface area contributed by atoms with Crippen LogP contribution in [0.3, 0.4) is 0 Å². The van der Waals surface area contributed by atoms with Crippen molar-refractivity contribution in [1.29, 1.82) is 0 Å². The number of phosphoric acid groups is 1. The number of carbonyl (C=O) groups is 2. The summed E-state index contributed by atoms with van der Waals surface area (Å²) in [6.45, 7) is 4.26. The van der Waals surface area contributed by atoms with Crippen LogP contribution in [0.25, 0.3) is 0 Å². The maximum atomic E-state index is 12.8. The zero-order chi connectivity index (χ0) is 53.5. The fourth-order valence-electron chi connectivity index (χ4n) is 9.04. The molecular formula is C63H120NO8P. The van der Waals surface area contributed by atoms with Crippen LogP contribution in [0.1, 0.15) is 303 Å². The summed E-state index contributed by atoms with van der Waals surface area (Å²) >= 11 is 0. The maximum Gasteiger partial charge on any atom is 0.306 e. The van der Waals surface area contributed by atoms with E-state index in [2.05, 4.69) is 50.3 Å². The summed E-state index contributed by atoms with van der Waals surface area (Å²) in [5, 5.41) is 0. The van der Waals surface area contributed by atoms with Gasteiger partial charge in [0.2, 0.25) is 0 Å². The molecule has 0 amide bonds. The van der Waals surface area contributed by atoms with E-state index in [1.807, 2.05) is 21.1 Å². The van der Waals surface area contributed by atoms with E-state index in [4.69, 9.17) is 18.5 Å². The van der Waals surface area contributed by atoms with Crippen molar-refractivity contribution in [2.45, 2.75) is 309 Å². The third-order valence-electron chi connectivity index (χ3n) is 13.9. The number of hydrogen-bond donors (Lipinski definition) is 0. The van der Waals surface area contributed by atoms with Crippen LogP contribution in [0.15, 0.2) is 36.5 Å². The number of esters is 2. The third-order valence-corrected chi connectivity index (χ3v) is 14.8. The van der Waals surface area contributed by atoms with Crippen LogP contribution in [-0.4, -0.2) is 70.0 Å². The number of hydrogen-bond acceptors (Lipinski definition) is 8. The van der Waals surface area contributed by atoms with Gasteiger partial charge in [-0.1, -0.05) is 256 Å². The molecule has 0 aromatic heterocycles. The minimum atomic E-state index is -4.63. The van der Waals surface area contributed by atoms with Crippen LogP contribution in [-0.2, 0) is 32.7 Å². The van der Waals surface area contributed by atoms with Gasteiger partial charge in [-0.2, -0.15) is 0 Å². The minimum Gasteiger partial charge on any atom is -0.756 e. The van der Waals surface area contributed by atoms with Crippen molar-refractivity contribution in [2.24, 2.45) is 0 Å². The molecule has 0 radical (unpaired) electrons. The number of carbonyl (C=O) groups excluding carboxylic acids is 2. The first-order valence-corrected chi connectivity index (χ1v) is 32.7. The lowest BCUT2D eigenvalue weighted by Crippen LogP contribution is -2.37. The highest BCUT2D eigenvalue weighted by Crippen LogP contribution is 2.38. The van der Waals surface area contributed by atoms with Crippen molar-refractivity contribution >= 4 is 19.8 Å². The molecule has 0 saturated carbocycles. The molecule has 0 spiro atoms. The summed E-state index contributed by atoms with van der Waals surface area (Å²) in [7, 11) is 1.17. The summed E-state index contributed by atoms with van der Waals surface area (Å²) in [4.78, 5) is 37.9. The minimum absolute atomic E-state index is 0.0301. The highest BCUT2D eigenvalue weighted by Gasteiger charge is 2.22. The molecule has 0 rings (SSSR count). The van der Waals surface area contributed by atoms with Gasteiger partial charge >= 0.3 is 11.9 Å². The molecular weight excluding hydrogens is 930 g/mol. The predicted octanol–water partition coefficient (Wildman–Crippen LogP) is 18.9. The number of nitrogens with zero attached hydrogens (tertiary/aromatic N) is 1. The molecule has 0 heterocycles. The molecule has 0 aliphatic rings. The fraction of sp³-hybridized carbons (Fsp3) is 0.873. The Kier molecular flexibility index (Phi) is 53.7. The van der Waals surface area contributed by atoms with Crippen molar-refractivity contribution in [3.8, 4) is 0 Å². The lowest BCUT2D eigenvalue weighted by molar-refractivity contribution is -0.870. The standard InChI is InChI=1S/C63H120NO8P/c1-6-8-10-12-14-16-18-20-22-24-25-26-27-28-29-30-31-32-33-34-35-36-37-38-39-40-42-44-46-48-50-52-54-56-63(66)72-61(60-71-73(67,68)70-58-57-64(3,4)5)59-69-62(65)55-53-51-49-47-45-43-41-23-21-19-17-15-13-11-9-7-2/h18,20,23-25,41,61H,6-17,19,21-22,26-40,42-60H2,1-5H3/b20-18-,25-24-,41-23-. The molecule has 9 nitrogen and oxygen atoms in total. The Morgan fingerprint density at radius 1 is 0.425 bits per heavy atom. The first kappa shape index (κ1) is 71.2. The molecule has 0 fully saturated rings. The van der Waals surface area contributed by atoms with Gasteiger partial charge in [0.15, 0.2) is 6.10 Å². The topological polar surface area (TPSA) is 111 Å². The first-order valence-electron chi connectivity index (χ1n) is 31.2.